The predicted molar refractivity (Wildman–Crippen MR) is 106 cm³/mol. The second kappa shape index (κ2) is 7.88. The lowest BCUT2D eigenvalue weighted by atomic mass is 9.99. The van der Waals surface area contributed by atoms with E-state index in [1.807, 2.05) is 60.7 Å². The van der Waals surface area contributed by atoms with Crippen molar-refractivity contribution in [2.45, 2.75) is 0 Å². The Bertz CT molecular complexity index is 1070. The molecule has 4 rings (SSSR count). The number of furan rings is 1. The number of aromatic nitrogens is 2. The summed E-state index contributed by atoms with van der Waals surface area (Å²) in [6.45, 7) is -0.244. The Morgan fingerprint density at radius 2 is 1.59 bits per heavy atom. The highest BCUT2D eigenvalue weighted by Crippen LogP contribution is 2.42. The van der Waals surface area contributed by atoms with Crippen LogP contribution in [0.2, 0.25) is 0 Å². The second-order valence-electron chi connectivity index (χ2n) is 5.69. The number of hydrogen-bond donors (Lipinski definition) is 2. The topological polar surface area (TPSA) is 88.2 Å². The molecule has 0 unspecified atom stereocenters. The quantitative estimate of drug-likeness (QED) is 0.530. The number of carbonyl (C=O) groups is 1. The number of benzene rings is 2. The highest BCUT2D eigenvalue weighted by Gasteiger charge is 2.22. The number of aliphatic carboxylic acids is 1. The maximum atomic E-state index is 11.0. The predicted octanol–water partition coefficient (Wildman–Crippen LogP) is 4.48. The van der Waals surface area contributed by atoms with Gasteiger partial charge in [0.2, 0.25) is 5.71 Å². The molecule has 0 amide bonds. The van der Waals surface area contributed by atoms with Crippen molar-refractivity contribution in [2.75, 3.05) is 11.9 Å². The van der Waals surface area contributed by atoms with Crippen LogP contribution in [0.4, 0.5) is 5.82 Å². The first-order valence-corrected chi connectivity index (χ1v) is 8.08. The fourth-order valence-corrected chi connectivity index (χ4v) is 2.90. The van der Waals surface area contributed by atoms with Crippen LogP contribution in [0.3, 0.4) is 0 Å². The van der Waals surface area contributed by atoms with Gasteiger partial charge in [0.15, 0.2) is 0 Å². The van der Waals surface area contributed by atoms with Crippen LogP contribution >= 0.6 is 12.4 Å². The molecule has 6 nitrogen and oxygen atoms in total. The minimum absolute atomic E-state index is 0. The molecule has 2 heterocycles. The summed E-state index contributed by atoms with van der Waals surface area (Å²) in [6.07, 6.45) is 1.36. The lowest BCUT2D eigenvalue weighted by molar-refractivity contribution is -0.134. The molecule has 0 aliphatic carbocycles. The largest absolute Gasteiger partial charge is 0.480 e. The van der Waals surface area contributed by atoms with Crippen LogP contribution in [0.1, 0.15) is 0 Å². The van der Waals surface area contributed by atoms with Crippen molar-refractivity contribution in [3.8, 4) is 22.5 Å². The molecule has 2 aromatic carbocycles. The van der Waals surface area contributed by atoms with Crippen molar-refractivity contribution in [3.63, 3.8) is 0 Å². The van der Waals surface area contributed by atoms with Crippen LogP contribution < -0.4 is 5.32 Å². The fraction of sp³-hybridized carbons (Fsp3) is 0.0500. The Balaban J connectivity index is 0.00000210. The molecular weight excluding hydrogens is 366 g/mol. The van der Waals surface area contributed by atoms with Gasteiger partial charge in [-0.05, 0) is 5.56 Å². The summed E-state index contributed by atoms with van der Waals surface area (Å²) in [6, 6.07) is 19.5. The normalized spacial score (nSPS) is 10.4. The molecule has 0 aliphatic heterocycles. The van der Waals surface area contributed by atoms with Crippen LogP contribution in [0.15, 0.2) is 71.4 Å². The minimum atomic E-state index is -0.968. The Morgan fingerprint density at radius 1 is 0.963 bits per heavy atom. The zero-order valence-corrected chi connectivity index (χ0v) is 14.9. The molecule has 0 aliphatic rings. The standard InChI is InChI=1S/C20H15N3O3.ClH/c24-15(25)11-21-19-17-16(13-7-3-1-4-8-13)18(14-9-5-2-6-10-14)26-20(17)23-12-22-19;/h1-10,12H,11H2,(H,24,25)(H,21,22,23);1H. The van der Waals surface area contributed by atoms with Crippen LogP contribution in [0, 0.1) is 0 Å². The van der Waals surface area contributed by atoms with Gasteiger partial charge in [-0.3, -0.25) is 4.79 Å². The van der Waals surface area contributed by atoms with Crippen molar-refractivity contribution in [1.29, 1.82) is 0 Å². The second-order valence-corrected chi connectivity index (χ2v) is 5.69. The summed E-state index contributed by atoms with van der Waals surface area (Å²) < 4.78 is 6.05. The molecule has 27 heavy (non-hydrogen) atoms. The van der Waals surface area contributed by atoms with E-state index in [2.05, 4.69) is 15.3 Å². The van der Waals surface area contributed by atoms with E-state index in [0.717, 1.165) is 16.7 Å². The molecule has 2 aromatic heterocycles. The van der Waals surface area contributed by atoms with E-state index < -0.39 is 5.97 Å². The van der Waals surface area contributed by atoms with Crippen LogP contribution in [-0.2, 0) is 4.79 Å². The third-order valence-corrected chi connectivity index (χ3v) is 3.99. The zero-order valence-electron chi connectivity index (χ0n) is 14.1. The van der Waals surface area contributed by atoms with Gasteiger partial charge in [-0.15, -0.1) is 12.4 Å². The van der Waals surface area contributed by atoms with Crippen molar-refractivity contribution in [2.24, 2.45) is 0 Å². The lowest BCUT2D eigenvalue weighted by Gasteiger charge is -2.07. The number of carboxylic acids is 1. The Hall–Kier alpha value is -3.38. The Labute approximate surface area is 161 Å². The molecule has 0 atom stereocenters. The molecule has 0 spiro atoms. The number of anilines is 1. The first-order valence-electron chi connectivity index (χ1n) is 8.08. The van der Waals surface area contributed by atoms with Gasteiger partial charge in [0, 0.05) is 11.1 Å². The average molecular weight is 382 g/mol. The molecule has 0 bridgehead atoms. The molecule has 136 valence electrons. The van der Waals surface area contributed by atoms with E-state index in [1.54, 1.807) is 0 Å². The molecule has 2 N–H and O–H groups in total. The molecular formula is C20H16ClN3O3. The number of rotatable bonds is 5. The molecule has 0 fully saturated rings. The average Bonchev–Trinajstić information content (AvgIpc) is 3.08. The maximum absolute atomic E-state index is 11.0. The maximum Gasteiger partial charge on any atom is 0.322 e. The first-order chi connectivity index (χ1) is 12.7. The summed E-state index contributed by atoms with van der Waals surface area (Å²) in [7, 11) is 0. The summed E-state index contributed by atoms with van der Waals surface area (Å²) in [5, 5.41) is 12.5. The highest BCUT2D eigenvalue weighted by molar-refractivity contribution is 6.06. The highest BCUT2D eigenvalue weighted by atomic mass is 35.5. The molecule has 0 saturated heterocycles. The number of halogens is 1. The van der Waals surface area contributed by atoms with E-state index in [4.69, 9.17) is 9.52 Å². The minimum Gasteiger partial charge on any atom is -0.480 e. The third-order valence-electron chi connectivity index (χ3n) is 3.99. The van der Waals surface area contributed by atoms with Crippen LogP contribution in [0.25, 0.3) is 33.6 Å². The number of hydrogen-bond acceptors (Lipinski definition) is 5. The van der Waals surface area contributed by atoms with Crippen molar-refractivity contribution in [1.82, 2.24) is 9.97 Å². The van der Waals surface area contributed by atoms with E-state index in [1.165, 1.54) is 6.33 Å². The zero-order chi connectivity index (χ0) is 17.9. The summed E-state index contributed by atoms with van der Waals surface area (Å²) in [5.74, 6) is 0.137. The van der Waals surface area contributed by atoms with Gasteiger partial charge in [0.1, 0.15) is 24.5 Å². The van der Waals surface area contributed by atoms with Gasteiger partial charge in [0.05, 0.1) is 5.39 Å². The van der Waals surface area contributed by atoms with Gasteiger partial charge < -0.3 is 14.8 Å². The van der Waals surface area contributed by atoms with E-state index in [-0.39, 0.29) is 19.0 Å². The van der Waals surface area contributed by atoms with E-state index >= 15 is 0 Å². The molecule has 0 radical (unpaired) electrons. The summed E-state index contributed by atoms with van der Waals surface area (Å²) in [5.41, 5.74) is 3.10. The van der Waals surface area contributed by atoms with Crippen molar-refractivity contribution < 1.29 is 14.3 Å². The smallest absolute Gasteiger partial charge is 0.322 e. The van der Waals surface area contributed by atoms with Crippen LogP contribution in [-0.4, -0.2) is 27.6 Å². The lowest BCUT2D eigenvalue weighted by Crippen LogP contribution is -2.13. The van der Waals surface area contributed by atoms with Crippen molar-refractivity contribution >= 4 is 35.3 Å². The summed E-state index contributed by atoms with van der Waals surface area (Å²) in [4.78, 5) is 19.4. The van der Waals surface area contributed by atoms with E-state index in [0.29, 0.717) is 22.7 Å². The number of nitrogens with one attached hydrogen (secondary N) is 1. The Kier molecular flexibility index (Phi) is 5.38. The van der Waals surface area contributed by atoms with Gasteiger partial charge in [-0.1, -0.05) is 60.7 Å². The van der Waals surface area contributed by atoms with Gasteiger partial charge in [-0.25, -0.2) is 9.97 Å². The van der Waals surface area contributed by atoms with Crippen LogP contribution in [0.5, 0.6) is 0 Å². The van der Waals surface area contributed by atoms with E-state index in [9.17, 15) is 4.79 Å². The molecule has 7 heteroatoms. The summed E-state index contributed by atoms with van der Waals surface area (Å²) >= 11 is 0. The van der Waals surface area contributed by atoms with Gasteiger partial charge in [-0.2, -0.15) is 0 Å². The van der Waals surface area contributed by atoms with Gasteiger partial charge in [0.25, 0.3) is 0 Å². The third kappa shape index (κ3) is 3.61. The monoisotopic (exact) mass is 381 g/mol. The van der Waals surface area contributed by atoms with Crippen molar-refractivity contribution in [3.05, 3.63) is 67.0 Å². The SMILES string of the molecule is Cl.O=C(O)CNc1ncnc2oc(-c3ccccc3)c(-c3ccccc3)c12. The first kappa shape index (κ1) is 18.4. The number of fused-ring (bicyclic) bond motifs is 1. The number of carboxylic acid groups (broad SMARTS) is 1. The molecule has 0 saturated carbocycles. The Morgan fingerprint density at radius 3 is 2.22 bits per heavy atom. The fourth-order valence-electron chi connectivity index (χ4n) is 2.90. The number of nitrogens with zero attached hydrogens (tertiary/aromatic N) is 2. The molecule has 4 aromatic rings. The van der Waals surface area contributed by atoms with Gasteiger partial charge >= 0.3 is 5.97 Å².